The fourth-order valence-corrected chi connectivity index (χ4v) is 152. The third-order valence-electron chi connectivity index (χ3n) is 11.0. The Morgan fingerprint density at radius 1 is 0.267 bits per heavy atom. The van der Waals surface area contributed by atoms with Crippen molar-refractivity contribution in [3.63, 3.8) is 0 Å². The van der Waals surface area contributed by atoms with Gasteiger partial charge < -0.3 is 54.7 Å². The molecule has 0 N–H and O–H groups in total. The quantitative estimate of drug-likeness (QED) is 0.0332. The zero-order chi connectivity index (χ0) is 60.0. The molecule has 0 radical (unpaired) electrons. The van der Waals surface area contributed by atoms with Crippen LogP contribution < -0.4 is 0 Å². The zero-order valence-corrected chi connectivity index (χ0v) is 71.4. The maximum absolute atomic E-state index is 8.71. The summed E-state index contributed by atoms with van der Waals surface area (Å²) >= 11 is 0. The highest BCUT2D eigenvalue weighted by atomic mass is 29.7. The molecule has 0 saturated carbocycles. The summed E-state index contributed by atoms with van der Waals surface area (Å²) in [6.45, 7) is 87.7. The largest absolute Gasteiger partial charge is 0.641 e. The van der Waals surface area contributed by atoms with Crippen LogP contribution in [0.1, 0.15) is 26.7 Å². The molecule has 448 valence electrons. The molecule has 0 saturated heterocycles. The second-order valence-corrected chi connectivity index (χ2v) is 119. The molecule has 0 atom stereocenters. The predicted molar refractivity (Wildman–Crippen MR) is 362 cm³/mol. The highest BCUT2D eigenvalue weighted by Gasteiger charge is 2.76. The Morgan fingerprint density at radius 2 is 0.453 bits per heavy atom. The van der Waals surface area contributed by atoms with Crippen molar-refractivity contribution in [1.29, 1.82) is 0 Å². The SMILES string of the molecule is C=C(C)COCCC[Si](O[Si](O[Si](C)(C)C)(O[Si](C)(C)C)O[Si](O[Si](C)(C)C)(O[Si](C)(C)C)O[Si](CCCOCC(=C)C)([Si](C)(C)O[Si](C)(C)C)[Si](C)(C)O[Si](C)(C)C)([Si](C)(C)O[Si](C)(C)C)[Si](C)(C)O[Si](C)(C)C. The minimum absolute atomic E-state index is 0.495. The second-order valence-electron chi connectivity index (χ2n) is 30.9. The molecule has 75 heavy (non-hydrogen) atoms. The van der Waals surface area contributed by atoms with E-state index in [4.69, 9.17) is 54.7 Å². The average molecular weight is 1330 g/mol. The third kappa shape index (κ3) is 28.2. The Labute approximate surface area is 480 Å². The molecular formula is C46H122O13Si16. The first-order valence-corrected chi connectivity index (χ1v) is 78.2. The van der Waals surface area contributed by atoms with Gasteiger partial charge in [-0.1, -0.05) is 24.3 Å². The van der Waals surface area contributed by atoms with Crippen LogP contribution >= 0.6 is 0 Å². The van der Waals surface area contributed by atoms with E-state index in [2.05, 4.69) is 223 Å². The lowest BCUT2D eigenvalue weighted by Gasteiger charge is -2.58. The Bertz CT molecular complexity index is 1590. The van der Waals surface area contributed by atoms with Gasteiger partial charge in [-0.15, -0.1) is 0 Å². The molecule has 0 aliphatic heterocycles. The van der Waals surface area contributed by atoms with Crippen molar-refractivity contribution >= 4 is 131 Å². The van der Waals surface area contributed by atoms with Gasteiger partial charge in [0.1, 0.15) is 0 Å². The van der Waals surface area contributed by atoms with Crippen LogP contribution in [0.25, 0.3) is 0 Å². The van der Waals surface area contributed by atoms with Crippen LogP contribution in [-0.2, 0) is 54.7 Å². The summed E-state index contributed by atoms with van der Waals surface area (Å²) in [6, 6.07) is 1.43. The molecule has 0 aromatic carbocycles. The summed E-state index contributed by atoms with van der Waals surface area (Å²) in [5.41, 5.74) is 1.98. The molecule has 0 bridgehead atoms. The van der Waals surface area contributed by atoms with Crippen molar-refractivity contribution in [3.8, 4) is 0 Å². The van der Waals surface area contributed by atoms with Crippen molar-refractivity contribution in [3.05, 3.63) is 24.3 Å². The molecule has 29 heteroatoms. The molecular weight excluding hydrogens is 1210 g/mol. The number of ether oxygens (including phenoxy) is 2. The highest BCUT2D eigenvalue weighted by molar-refractivity contribution is 7.66. The molecule has 0 heterocycles. The molecule has 13 nitrogen and oxygen atoms in total. The van der Waals surface area contributed by atoms with Gasteiger partial charge in [-0.05, 0) is 248 Å². The monoisotopic (exact) mass is 1330 g/mol. The van der Waals surface area contributed by atoms with Crippen molar-refractivity contribution in [1.82, 2.24) is 0 Å². The van der Waals surface area contributed by atoms with Gasteiger partial charge in [-0.3, -0.25) is 0 Å². The topological polar surface area (TPSA) is 120 Å². The minimum Gasteiger partial charge on any atom is -0.456 e. The van der Waals surface area contributed by atoms with E-state index in [0.29, 0.717) is 26.4 Å². The molecule has 0 aliphatic rings. The van der Waals surface area contributed by atoms with Crippen LogP contribution in [-0.4, -0.2) is 157 Å². The Balaban J connectivity index is 10.1. The molecule has 0 unspecified atom stereocenters. The molecule has 0 spiro atoms. The first kappa shape index (κ1) is 77.4. The maximum Gasteiger partial charge on any atom is 0.641 e. The van der Waals surface area contributed by atoms with E-state index >= 15 is 0 Å². The molecule has 0 rings (SSSR count). The summed E-state index contributed by atoms with van der Waals surface area (Å²) in [5.74, 6) is 0. The molecule has 0 aromatic heterocycles. The maximum atomic E-state index is 8.71. The van der Waals surface area contributed by atoms with E-state index < -0.39 is 131 Å². The average Bonchev–Trinajstić information content (AvgIpc) is 3.02. The standard InChI is InChI=1S/C46H122O13Si16/c1-45(2)43-47-39-37-41-72(68(29,30)49-60(5,6)7,69(31,32)50-61(8,9)10)57-74(53-64(17,18)19,54-65(20,21)22)59-75(55-66(23,24)25,56-67(26,27)28)58-73(42-38-40-48-44-46(3)4,70(33,34)51-62(11,12)13)71(35,36)52-63(14,15)16/h1,3,37-44H2,2,4-36H3. The molecule has 0 amide bonds. The van der Waals surface area contributed by atoms with Crippen molar-refractivity contribution in [2.24, 2.45) is 0 Å². The van der Waals surface area contributed by atoms with Gasteiger partial charge in [-0.25, -0.2) is 0 Å². The first-order valence-electron chi connectivity index (χ1n) is 27.8. The summed E-state index contributed by atoms with van der Waals surface area (Å²) < 4.78 is 101. The highest BCUT2D eigenvalue weighted by Crippen LogP contribution is 2.47. The van der Waals surface area contributed by atoms with Crippen molar-refractivity contribution in [2.75, 3.05) is 26.4 Å². The van der Waals surface area contributed by atoms with Crippen molar-refractivity contribution in [2.45, 2.75) is 248 Å². The van der Waals surface area contributed by atoms with Crippen LogP contribution in [0, 0.1) is 0 Å². The van der Waals surface area contributed by atoms with E-state index in [0.717, 1.165) is 36.1 Å². The lowest BCUT2D eigenvalue weighted by Crippen LogP contribution is -2.86. The van der Waals surface area contributed by atoms with Crippen LogP contribution in [0.5, 0.6) is 0 Å². The van der Waals surface area contributed by atoms with Gasteiger partial charge in [0, 0.05) is 13.2 Å². The summed E-state index contributed by atoms with van der Waals surface area (Å²) in [7, 11) is -47.9. The van der Waals surface area contributed by atoms with E-state index in [1.807, 2.05) is 13.8 Å². The molecule has 0 fully saturated rings. The summed E-state index contributed by atoms with van der Waals surface area (Å²) in [5, 5.41) is 0. The Morgan fingerprint density at radius 3 is 0.613 bits per heavy atom. The van der Waals surface area contributed by atoms with Gasteiger partial charge in [0.2, 0.25) is 14.7 Å². The van der Waals surface area contributed by atoms with Crippen LogP contribution in [0.15, 0.2) is 24.3 Å². The molecule has 0 aliphatic carbocycles. The lowest BCUT2D eigenvalue weighted by molar-refractivity contribution is 0.0667. The van der Waals surface area contributed by atoms with Crippen LogP contribution in [0.4, 0.5) is 0 Å². The lowest BCUT2D eigenvalue weighted by atomic mass is 10.4. The molecule has 0 aromatic rings. The Hall–Kier alpha value is 2.43. The smallest absolute Gasteiger partial charge is 0.456 e. The third-order valence-corrected chi connectivity index (χ3v) is 115. The van der Waals surface area contributed by atoms with E-state index in [-0.39, 0.29) is 0 Å². The summed E-state index contributed by atoms with van der Waals surface area (Å²) in [4.78, 5) is 0. The fourth-order valence-electron chi connectivity index (χ4n) is 10.3. The fraction of sp³-hybridized carbons (Fsp3) is 0.913. The number of rotatable bonds is 38. The normalized spacial score (nSPS) is 15.5. The van der Waals surface area contributed by atoms with E-state index in [1.165, 1.54) is 0 Å². The van der Waals surface area contributed by atoms with Crippen LogP contribution in [0.3, 0.4) is 0 Å². The van der Waals surface area contributed by atoms with Crippen LogP contribution in [0.2, 0.25) is 222 Å². The predicted octanol–water partition coefficient (Wildman–Crippen LogP) is 15.7. The van der Waals surface area contributed by atoms with Gasteiger partial charge in [0.05, 0.1) is 13.2 Å². The second kappa shape index (κ2) is 27.6. The van der Waals surface area contributed by atoms with Gasteiger partial charge in [0.15, 0.2) is 97.9 Å². The minimum atomic E-state index is -4.61. The number of hydrogen-bond acceptors (Lipinski definition) is 13. The zero-order valence-electron chi connectivity index (χ0n) is 55.4. The van der Waals surface area contributed by atoms with Gasteiger partial charge >= 0.3 is 18.1 Å². The van der Waals surface area contributed by atoms with E-state index in [1.54, 1.807) is 0 Å². The first-order chi connectivity index (χ1) is 32.6. The summed E-state index contributed by atoms with van der Waals surface area (Å²) in [6.07, 6.45) is 1.48. The number of hydrogen-bond donors (Lipinski definition) is 0. The van der Waals surface area contributed by atoms with Gasteiger partial charge in [0.25, 0.3) is 0 Å². The van der Waals surface area contributed by atoms with Gasteiger partial charge in [-0.2, -0.15) is 0 Å². The Kier molecular flexibility index (Phi) is 28.5. The van der Waals surface area contributed by atoms with Crippen molar-refractivity contribution < 1.29 is 54.7 Å². The van der Waals surface area contributed by atoms with E-state index in [9.17, 15) is 0 Å².